The van der Waals surface area contributed by atoms with Crippen molar-refractivity contribution in [1.29, 1.82) is 0 Å². The molecule has 1 saturated carbocycles. The van der Waals surface area contributed by atoms with Gasteiger partial charge in [0.05, 0.1) is 5.92 Å². The van der Waals surface area contributed by atoms with Gasteiger partial charge in [-0.2, -0.15) is 8.78 Å². The molecule has 1 aliphatic rings. The zero-order valence-corrected chi connectivity index (χ0v) is 16.5. The Balaban J connectivity index is 1.82. The van der Waals surface area contributed by atoms with Crippen LogP contribution in [0, 0.1) is 25.7 Å². The lowest BCUT2D eigenvalue weighted by molar-refractivity contribution is -0.223. The fourth-order valence-electron chi connectivity index (χ4n) is 4.04. The number of ether oxygens (including phenoxy) is 1. The fourth-order valence-corrected chi connectivity index (χ4v) is 4.04. The summed E-state index contributed by atoms with van der Waals surface area (Å²) in [6.45, 7) is 5.60. The molecule has 4 heteroatoms. The van der Waals surface area contributed by atoms with Crippen molar-refractivity contribution in [2.45, 2.75) is 91.1 Å². The molecule has 0 aliphatic heterocycles. The van der Waals surface area contributed by atoms with Crippen molar-refractivity contribution in [3.8, 4) is 11.5 Å². The van der Waals surface area contributed by atoms with Gasteiger partial charge in [-0.05, 0) is 68.7 Å². The summed E-state index contributed by atoms with van der Waals surface area (Å²) in [5.74, 6) is 0.163. The summed E-state index contributed by atoms with van der Waals surface area (Å²) >= 11 is 0. The van der Waals surface area contributed by atoms with E-state index in [-0.39, 0.29) is 11.5 Å². The van der Waals surface area contributed by atoms with Crippen molar-refractivity contribution in [1.82, 2.24) is 0 Å². The number of benzene rings is 1. The topological polar surface area (TPSA) is 29.5 Å². The number of alkyl halides is 2. The second-order valence-corrected chi connectivity index (χ2v) is 7.99. The summed E-state index contributed by atoms with van der Waals surface area (Å²) in [4.78, 5) is 0. The lowest BCUT2D eigenvalue weighted by atomic mass is 9.79. The van der Waals surface area contributed by atoms with E-state index in [9.17, 15) is 13.9 Å². The van der Waals surface area contributed by atoms with Gasteiger partial charge in [0.25, 0.3) is 0 Å². The second kappa shape index (κ2) is 9.57. The Labute approximate surface area is 157 Å². The number of unbranched alkanes of at least 4 members (excludes halogenated alkanes) is 4. The molecule has 0 saturated heterocycles. The number of phenolic OH excluding ortho intramolecular Hbond substituents is 1. The summed E-state index contributed by atoms with van der Waals surface area (Å²) in [6, 6.07) is 2.97. The minimum atomic E-state index is -3.15. The van der Waals surface area contributed by atoms with Gasteiger partial charge in [0, 0.05) is 0 Å². The minimum absolute atomic E-state index is 0.139. The van der Waals surface area contributed by atoms with Crippen molar-refractivity contribution < 1.29 is 18.6 Å². The molecule has 1 N–H and O–H groups in total. The van der Waals surface area contributed by atoms with Crippen LogP contribution in [0.3, 0.4) is 0 Å². The minimum Gasteiger partial charge on any atom is -0.507 e. The van der Waals surface area contributed by atoms with Crippen LogP contribution in [0.5, 0.6) is 11.5 Å². The van der Waals surface area contributed by atoms with E-state index in [1.165, 1.54) is 50.7 Å². The molecule has 0 radical (unpaired) electrons. The molecule has 2 rings (SSSR count). The van der Waals surface area contributed by atoms with Gasteiger partial charge in [-0.1, -0.05) is 45.4 Å². The van der Waals surface area contributed by atoms with E-state index in [0.717, 1.165) is 12.8 Å². The van der Waals surface area contributed by atoms with Crippen molar-refractivity contribution in [3.05, 3.63) is 23.3 Å². The Kier molecular flexibility index (Phi) is 7.72. The van der Waals surface area contributed by atoms with Crippen molar-refractivity contribution >= 4 is 0 Å². The summed E-state index contributed by atoms with van der Waals surface area (Å²) in [7, 11) is 0. The molecular weight excluding hydrogens is 334 g/mol. The SMILES string of the molecule is CCCCCCCC1CCC(C(F)(F)Oc2cc(C)c(O)c(C)c2)CC1. The molecule has 0 unspecified atom stereocenters. The van der Waals surface area contributed by atoms with Crippen molar-refractivity contribution in [2.24, 2.45) is 11.8 Å². The first-order chi connectivity index (χ1) is 12.3. The van der Waals surface area contributed by atoms with Gasteiger partial charge >= 0.3 is 6.11 Å². The van der Waals surface area contributed by atoms with Crippen LogP contribution in [0.1, 0.15) is 82.3 Å². The number of phenols is 1. The Hall–Kier alpha value is -1.32. The molecule has 0 heterocycles. The lowest BCUT2D eigenvalue weighted by Crippen LogP contribution is -2.37. The number of rotatable bonds is 9. The lowest BCUT2D eigenvalue weighted by Gasteiger charge is -2.33. The smallest absolute Gasteiger partial charge is 0.400 e. The van der Waals surface area contributed by atoms with Gasteiger partial charge in [-0.15, -0.1) is 0 Å². The van der Waals surface area contributed by atoms with Crippen LogP contribution in [0.4, 0.5) is 8.78 Å². The monoisotopic (exact) mass is 368 g/mol. The molecule has 0 aromatic heterocycles. The Morgan fingerprint density at radius 1 is 1.00 bits per heavy atom. The highest BCUT2D eigenvalue weighted by atomic mass is 19.3. The van der Waals surface area contributed by atoms with Gasteiger partial charge in [0.1, 0.15) is 11.5 Å². The maximum atomic E-state index is 14.6. The third-order valence-electron chi connectivity index (χ3n) is 5.76. The maximum Gasteiger partial charge on any atom is 0.400 e. The molecular formula is C22H34F2O2. The predicted molar refractivity (Wildman–Crippen MR) is 102 cm³/mol. The number of hydrogen-bond donors (Lipinski definition) is 1. The van der Waals surface area contributed by atoms with Crippen LogP contribution in [-0.4, -0.2) is 11.2 Å². The highest BCUT2D eigenvalue weighted by Crippen LogP contribution is 2.42. The van der Waals surface area contributed by atoms with E-state index in [1.807, 2.05) is 0 Å². The van der Waals surface area contributed by atoms with Gasteiger partial charge < -0.3 is 9.84 Å². The van der Waals surface area contributed by atoms with Crippen LogP contribution >= 0.6 is 0 Å². The molecule has 0 spiro atoms. The molecule has 1 aromatic rings. The second-order valence-electron chi connectivity index (χ2n) is 7.99. The van der Waals surface area contributed by atoms with Gasteiger partial charge in [-0.3, -0.25) is 0 Å². The van der Waals surface area contributed by atoms with E-state index >= 15 is 0 Å². The number of halogens is 2. The first-order valence-electron chi connectivity index (χ1n) is 10.2. The van der Waals surface area contributed by atoms with Crippen molar-refractivity contribution in [2.75, 3.05) is 0 Å². The highest BCUT2D eigenvalue weighted by molar-refractivity contribution is 5.44. The molecule has 2 nitrogen and oxygen atoms in total. The third-order valence-corrected chi connectivity index (χ3v) is 5.76. The van der Waals surface area contributed by atoms with Gasteiger partial charge in [0.15, 0.2) is 0 Å². The van der Waals surface area contributed by atoms with Crippen LogP contribution in [0.2, 0.25) is 0 Å². The van der Waals surface area contributed by atoms with E-state index < -0.39 is 12.0 Å². The average Bonchev–Trinajstić information content (AvgIpc) is 2.59. The zero-order valence-electron chi connectivity index (χ0n) is 16.5. The van der Waals surface area contributed by atoms with Crippen molar-refractivity contribution in [3.63, 3.8) is 0 Å². The summed E-state index contributed by atoms with van der Waals surface area (Å²) < 4.78 is 34.3. The molecule has 0 amide bonds. The quantitative estimate of drug-likeness (QED) is 0.469. The molecule has 1 fully saturated rings. The summed E-state index contributed by atoms with van der Waals surface area (Å²) in [5, 5.41) is 9.78. The first kappa shape index (κ1) is 21.0. The predicted octanol–water partition coefficient (Wildman–Crippen LogP) is 7.15. The standard InChI is InChI=1S/C22H34F2O2/c1-4-5-6-7-8-9-18-10-12-19(13-11-18)22(23,24)26-20-14-16(2)21(25)17(3)15-20/h14-15,18-19,25H,4-13H2,1-3H3. The molecule has 26 heavy (non-hydrogen) atoms. The Bertz CT molecular complexity index is 540. The van der Waals surface area contributed by atoms with E-state index in [0.29, 0.717) is 29.9 Å². The molecule has 148 valence electrons. The van der Waals surface area contributed by atoms with Crippen LogP contribution in [-0.2, 0) is 0 Å². The average molecular weight is 369 g/mol. The third kappa shape index (κ3) is 5.85. The molecule has 0 bridgehead atoms. The van der Waals surface area contributed by atoms with E-state index in [2.05, 4.69) is 6.92 Å². The highest BCUT2D eigenvalue weighted by Gasteiger charge is 2.43. The fraction of sp³-hybridized carbons (Fsp3) is 0.727. The maximum absolute atomic E-state index is 14.6. The Morgan fingerprint density at radius 2 is 1.58 bits per heavy atom. The molecule has 0 atom stereocenters. The molecule has 1 aliphatic carbocycles. The first-order valence-corrected chi connectivity index (χ1v) is 10.2. The van der Waals surface area contributed by atoms with Crippen LogP contribution in [0.15, 0.2) is 12.1 Å². The summed E-state index contributed by atoms with van der Waals surface area (Å²) in [6.07, 6.45) is 7.19. The number of hydrogen-bond acceptors (Lipinski definition) is 2. The largest absolute Gasteiger partial charge is 0.507 e. The Morgan fingerprint density at radius 3 is 2.15 bits per heavy atom. The van der Waals surface area contributed by atoms with E-state index in [4.69, 9.17) is 4.74 Å². The number of aryl methyl sites for hydroxylation is 2. The van der Waals surface area contributed by atoms with Crippen LogP contribution in [0.25, 0.3) is 0 Å². The molecule has 1 aromatic carbocycles. The number of aromatic hydroxyl groups is 1. The summed E-state index contributed by atoms with van der Waals surface area (Å²) in [5.41, 5.74) is 1.12. The zero-order chi connectivity index (χ0) is 19.2. The van der Waals surface area contributed by atoms with Crippen LogP contribution < -0.4 is 4.74 Å². The van der Waals surface area contributed by atoms with E-state index in [1.54, 1.807) is 13.8 Å². The normalized spacial score (nSPS) is 21.0. The van der Waals surface area contributed by atoms with Gasteiger partial charge in [-0.25, -0.2) is 0 Å². The van der Waals surface area contributed by atoms with Gasteiger partial charge in [0.2, 0.25) is 0 Å².